The highest BCUT2D eigenvalue weighted by atomic mass is 16.6. The molecule has 0 aromatic carbocycles. The molecule has 2 saturated carbocycles. The Morgan fingerprint density at radius 2 is 1.86 bits per heavy atom. The Morgan fingerprint density at radius 1 is 1.09 bits per heavy atom. The van der Waals surface area contributed by atoms with Crippen molar-refractivity contribution in [2.24, 2.45) is 5.92 Å². The number of hydrogen-bond acceptors (Lipinski definition) is 8. The first kappa shape index (κ1) is 30.5. The number of hydrogen-bond donors (Lipinski definition) is 1. The summed E-state index contributed by atoms with van der Waals surface area (Å²) in [5.41, 5.74) is 2.29. The van der Waals surface area contributed by atoms with Crippen LogP contribution in [0.1, 0.15) is 87.9 Å². The fourth-order valence-corrected chi connectivity index (χ4v) is 6.48. The third kappa shape index (κ3) is 6.84. The number of nitrogens with zero attached hydrogens (tertiary/aromatic N) is 4. The van der Waals surface area contributed by atoms with Gasteiger partial charge in [0.25, 0.3) is 5.91 Å². The number of aryl methyl sites for hydroxylation is 2. The predicted molar refractivity (Wildman–Crippen MR) is 163 cm³/mol. The summed E-state index contributed by atoms with van der Waals surface area (Å²) in [7, 11) is 3.18. The molecule has 5 rings (SSSR count). The van der Waals surface area contributed by atoms with Gasteiger partial charge in [0.1, 0.15) is 23.5 Å². The van der Waals surface area contributed by atoms with Gasteiger partial charge in [-0.1, -0.05) is 13.3 Å². The highest BCUT2D eigenvalue weighted by Crippen LogP contribution is 2.39. The number of alkyl carbamates (subject to hydrolysis) is 1. The van der Waals surface area contributed by atoms with Gasteiger partial charge in [-0.3, -0.25) is 14.7 Å². The molecule has 0 unspecified atom stereocenters. The third-order valence-electron chi connectivity index (χ3n) is 8.94. The fraction of sp³-hybridized carbons (Fsp3) is 0.545. The normalized spacial score (nSPS) is 19.8. The number of ether oxygens (including phenoxy) is 2. The van der Waals surface area contributed by atoms with Gasteiger partial charge in [0.15, 0.2) is 11.5 Å². The Kier molecular flexibility index (Phi) is 9.62. The molecule has 10 heteroatoms. The van der Waals surface area contributed by atoms with Gasteiger partial charge in [-0.05, 0) is 88.5 Å². The Morgan fingerprint density at radius 3 is 2.51 bits per heavy atom. The third-order valence-corrected chi connectivity index (χ3v) is 8.94. The van der Waals surface area contributed by atoms with Crippen LogP contribution in [0.4, 0.5) is 10.6 Å². The zero-order valence-corrected chi connectivity index (χ0v) is 25.7. The smallest absolute Gasteiger partial charge is 0.407 e. The first-order valence-corrected chi connectivity index (χ1v) is 15.5. The number of pyridine rings is 2. The van der Waals surface area contributed by atoms with E-state index >= 15 is 0 Å². The first-order valence-electron chi connectivity index (χ1n) is 15.5. The molecular formula is C33H43N5O5. The Bertz CT molecular complexity index is 1410. The highest BCUT2D eigenvalue weighted by molar-refractivity contribution is 6.00. The molecule has 1 N–H and O–H groups in total. The standard InChI is InChI=1S/C33H43N5O5/c1-5-30-37-27(21-42-30)25-15-18-35-29(19-25)38(31(39)33(43-32(40)34-3)16-7-6-8-17-33)20-23-9-11-24(12-10-23)26-13-14-28(41-4)22(2)36-26/h13-15,18-19,21,23-24H,5-12,16-17,20H2,1-4H3,(H,34,40)/t23-,24-. The molecule has 0 aliphatic heterocycles. The Labute approximate surface area is 253 Å². The number of carbonyl (C=O) groups is 2. The monoisotopic (exact) mass is 589 g/mol. The summed E-state index contributed by atoms with van der Waals surface area (Å²) in [6, 6.07) is 7.83. The molecule has 0 atom stereocenters. The second-order valence-electron chi connectivity index (χ2n) is 11.7. The van der Waals surface area contributed by atoms with Crippen molar-refractivity contribution in [1.82, 2.24) is 20.3 Å². The summed E-state index contributed by atoms with van der Waals surface area (Å²) in [5, 5.41) is 2.54. The van der Waals surface area contributed by atoms with E-state index in [2.05, 4.69) is 21.4 Å². The molecule has 2 aliphatic carbocycles. The van der Waals surface area contributed by atoms with E-state index < -0.39 is 11.7 Å². The van der Waals surface area contributed by atoms with Crippen molar-refractivity contribution in [3.8, 4) is 17.0 Å². The lowest BCUT2D eigenvalue weighted by Crippen LogP contribution is -2.55. The maximum atomic E-state index is 14.6. The summed E-state index contributed by atoms with van der Waals surface area (Å²) in [5.74, 6) is 2.42. The van der Waals surface area contributed by atoms with E-state index in [9.17, 15) is 9.59 Å². The van der Waals surface area contributed by atoms with Crippen molar-refractivity contribution in [3.05, 3.63) is 54.0 Å². The van der Waals surface area contributed by atoms with Crippen molar-refractivity contribution in [2.75, 3.05) is 25.6 Å². The summed E-state index contributed by atoms with van der Waals surface area (Å²) in [6.07, 6.45) is 11.0. The quantitative estimate of drug-likeness (QED) is 0.305. The molecule has 0 saturated heterocycles. The summed E-state index contributed by atoms with van der Waals surface area (Å²) in [4.78, 5) is 42.9. The van der Waals surface area contributed by atoms with Crippen LogP contribution in [0.2, 0.25) is 0 Å². The molecule has 0 bridgehead atoms. The lowest BCUT2D eigenvalue weighted by atomic mass is 9.79. The van der Waals surface area contributed by atoms with E-state index in [4.69, 9.17) is 18.9 Å². The van der Waals surface area contributed by atoms with E-state index in [0.29, 0.717) is 49.1 Å². The van der Waals surface area contributed by atoms with Crippen LogP contribution in [0.5, 0.6) is 5.75 Å². The molecule has 230 valence electrons. The first-order chi connectivity index (χ1) is 20.9. The molecule has 2 aliphatic rings. The van der Waals surface area contributed by atoms with Crippen LogP contribution < -0.4 is 15.0 Å². The van der Waals surface area contributed by atoms with Gasteiger partial charge in [-0.2, -0.15) is 0 Å². The topological polar surface area (TPSA) is 120 Å². The molecule has 43 heavy (non-hydrogen) atoms. The summed E-state index contributed by atoms with van der Waals surface area (Å²) in [6.45, 7) is 4.46. The highest BCUT2D eigenvalue weighted by Gasteiger charge is 2.47. The van der Waals surface area contributed by atoms with Crippen LogP contribution in [-0.2, 0) is 16.0 Å². The molecular weight excluding hydrogens is 546 g/mol. The van der Waals surface area contributed by atoms with E-state index in [1.807, 2.05) is 32.0 Å². The summed E-state index contributed by atoms with van der Waals surface area (Å²) >= 11 is 0. The van der Waals surface area contributed by atoms with Crippen LogP contribution in [-0.4, -0.2) is 53.3 Å². The minimum atomic E-state index is -1.22. The molecule has 3 aromatic rings. The lowest BCUT2D eigenvalue weighted by Gasteiger charge is -2.40. The number of methoxy groups -OCH3 is 1. The fourth-order valence-electron chi connectivity index (χ4n) is 6.48. The van der Waals surface area contributed by atoms with Crippen LogP contribution >= 0.6 is 0 Å². The summed E-state index contributed by atoms with van der Waals surface area (Å²) < 4.78 is 16.9. The maximum absolute atomic E-state index is 14.6. The molecule has 2 amide bonds. The zero-order valence-electron chi connectivity index (χ0n) is 25.7. The second-order valence-corrected chi connectivity index (χ2v) is 11.7. The van der Waals surface area contributed by atoms with Crippen molar-refractivity contribution in [1.29, 1.82) is 0 Å². The number of nitrogens with one attached hydrogen (secondary N) is 1. The number of aromatic nitrogens is 3. The van der Waals surface area contributed by atoms with E-state index in [0.717, 1.165) is 67.6 Å². The van der Waals surface area contributed by atoms with Gasteiger partial charge >= 0.3 is 6.09 Å². The van der Waals surface area contributed by atoms with Crippen molar-refractivity contribution in [3.63, 3.8) is 0 Å². The average Bonchev–Trinajstić information content (AvgIpc) is 3.54. The number of anilines is 1. The minimum absolute atomic E-state index is 0.204. The minimum Gasteiger partial charge on any atom is -0.495 e. The van der Waals surface area contributed by atoms with Crippen molar-refractivity contribution >= 4 is 17.8 Å². The van der Waals surface area contributed by atoms with Gasteiger partial charge in [0.05, 0.1) is 12.8 Å². The molecule has 10 nitrogen and oxygen atoms in total. The van der Waals surface area contributed by atoms with Crippen LogP contribution in [0.15, 0.2) is 41.1 Å². The predicted octanol–water partition coefficient (Wildman–Crippen LogP) is 6.38. The van der Waals surface area contributed by atoms with E-state index in [1.165, 1.54) is 7.05 Å². The molecule has 0 spiro atoms. The largest absolute Gasteiger partial charge is 0.495 e. The van der Waals surface area contributed by atoms with Gasteiger partial charge in [0.2, 0.25) is 0 Å². The molecule has 3 aromatic heterocycles. The molecule has 2 fully saturated rings. The number of amides is 2. The van der Waals surface area contributed by atoms with Crippen LogP contribution in [0.25, 0.3) is 11.3 Å². The Hall–Kier alpha value is -3.95. The molecule has 0 radical (unpaired) electrons. The number of carbonyl (C=O) groups excluding carboxylic acids is 2. The number of rotatable bonds is 9. The van der Waals surface area contributed by atoms with Crippen molar-refractivity contribution in [2.45, 2.75) is 89.6 Å². The Balaban J connectivity index is 1.41. The van der Waals surface area contributed by atoms with E-state index in [1.54, 1.807) is 24.5 Å². The van der Waals surface area contributed by atoms with Gasteiger partial charge in [-0.25, -0.2) is 14.8 Å². The van der Waals surface area contributed by atoms with Crippen LogP contribution in [0, 0.1) is 12.8 Å². The number of oxazole rings is 1. The second kappa shape index (κ2) is 13.6. The SMILES string of the molecule is CCc1nc(-c2ccnc(N(C[C@H]3CC[C@H](c4ccc(OC)c(C)n4)CC3)C(=O)C3(OC(=O)NC)CCCCC3)c2)co1. The van der Waals surface area contributed by atoms with Gasteiger partial charge in [-0.15, -0.1) is 0 Å². The van der Waals surface area contributed by atoms with Crippen molar-refractivity contribution < 1.29 is 23.5 Å². The molecule has 3 heterocycles. The van der Waals surface area contributed by atoms with Crippen LogP contribution in [0.3, 0.4) is 0 Å². The average molecular weight is 590 g/mol. The lowest BCUT2D eigenvalue weighted by molar-refractivity contribution is -0.140. The maximum Gasteiger partial charge on any atom is 0.407 e. The van der Waals surface area contributed by atoms with E-state index in [-0.39, 0.29) is 11.8 Å². The van der Waals surface area contributed by atoms with Gasteiger partial charge < -0.3 is 19.2 Å². The zero-order chi connectivity index (χ0) is 30.4. The van der Waals surface area contributed by atoms with Gasteiger partial charge in [0, 0.05) is 43.4 Å².